The van der Waals surface area contributed by atoms with Crippen LogP contribution in [0.15, 0.2) is 0 Å². The Balaban J connectivity index is 1.92. The van der Waals surface area contributed by atoms with Crippen molar-refractivity contribution >= 4 is 11.8 Å². The van der Waals surface area contributed by atoms with E-state index in [2.05, 4.69) is 6.92 Å². The monoisotopic (exact) mass is 283 g/mol. The number of aliphatic hydroxyl groups excluding tert-OH is 2. The van der Waals surface area contributed by atoms with Crippen LogP contribution < -0.4 is 0 Å². The van der Waals surface area contributed by atoms with Gasteiger partial charge in [0.05, 0.1) is 12.2 Å². The number of likely N-dealkylation sites (tertiary alicyclic amines) is 1. The molecule has 0 aromatic rings. The minimum atomic E-state index is -0.623. The third-order valence-corrected chi connectivity index (χ3v) is 4.87. The van der Waals surface area contributed by atoms with E-state index in [1.807, 2.05) is 0 Å². The molecule has 0 aromatic carbocycles. The minimum absolute atomic E-state index is 0.0920. The summed E-state index contributed by atoms with van der Waals surface area (Å²) in [6.07, 6.45) is 2.52. The van der Waals surface area contributed by atoms with Crippen LogP contribution in [-0.4, -0.2) is 46.2 Å². The molecule has 2 amide bonds. The van der Waals surface area contributed by atoms with Crippen LogP contribution in [0.3, 0.4) is 0 Å². The van der Waals surface area contributed by atoms with Crippen molar-refractivity contribution in [1.82, 2.24) is 4.90 Å². The fraction of sp³-hybridized carbons (Fsp3) is 0.867. The lowest BCUT2D eigenvalue weighted by molar-refractivity contribution is -0.148. The molecule has 2 aliphatic rings. The zero-order valence-corrected chi connectivity index (χ0v) is 12.3. The number of carbonyl (C=O) groups is 2. The van der Waals surface area contributed by atoms with Gasteiger partial charge in [-0.1, -0.05) is 6.92 Å². The quantitative estimate of drug-likeness (QED) is 0.755. The molecule has 5 nitrogen and oxygen atoms in total. The van der Waals surface area contributed by atoms with E-state index >= 15 is 0 Å². The highest BCUT2D eigenvalue weighted by atomic mass is 16.3. The van der Waals surface area contributed by atoms with Crippen LogP contribution in [0.4, 0.5) is 0 Å². The smallest absolute Gasteiger partial charge is 0.229 e. The third kappa shape index (κ3) is 3.38. The van der Waals surface area contributed by atoms with Gasteiger partial charge in [-0.3, -0.25) is 14.5 Å². The van der Waals surface area contributed by atoms with E-state index in [1.54, 1.807) is 0 Å². The topological polar surface area (TPSA) is 77.8 Å². The summed E-state index contributed by atoms with van der Waals surface area (Å²) in [5.41, 5.74) is 0. The maximum atomic E-state index is 11.7. The van der Waals surface area contributed by atoms with E-state index < -0.39 is 12.2 Å². The Kier molecular flexibility index (Phi) is 4.81. The molecular formula is C15H25NO4. The molecular weight excluding hydrogens is 258 g/mol. The zero-order chi connectivity index (χ0) is 14.9. The van der Waals surface area contributed by atoms with Crippen molar-refractivity contribution < 1.29 is 19.8 Å². The van der Waals surface area contributed by atoms with Crippen molar-refractivity contribution in [3.05, 3.63) is 0 Å². The molecule has 5 heteroatoms. The van der Waals surface area contributed by atoms with Gasteiger partial charge in [-0.15, -0.1) is 0 Å². The highest BCUT2D eigenvalue weighted by Crippen LogP contribution is 2.34. The molecule has 0 aromatic heterocycles. The molecule has 20 heavy (non-hydrogen) atoms. The molecule has 0 bridgehead atoms. The Morgan fingerprint density at radius 3 is 2.45 bits per heavy atom. The molecule has 1 saturated carbocycles. The largest absolute Gasteiger partial charge is 0.393 e. The second kappa shape index (κ2) is 6.22. The van der Waals surface area contributed by atoms with E-state index in [1.165, 1.54) is 11.9 Å². The van der Waals surface area contributed by atoms with Crippen LogP contribution in [0.25, 0.3) is 0 Å². The van der Waals surface area contributed by atoms with Crippen LogP contribution in [-0.2, 0) is 9.59 Å². The molecule has 1 saturated heterocycles. The first-order valence-corrected chi connectivity index (χ1v) is 7.54. The Labute approximate surface area is 120 Å². The summed E-state index contributed by atoms with van der Waals surface area (Å²) in [4.78, 5) is 24.5. The molecule has 0 radical (unpaired) electrons. The minimum Gasteiger partial charge on any atom is -0.393 e. The van der Waals surface area contributed by atoms with Crippen LogP contribution in [0, 0.1) is 17.8 Å². The number of rotatable bonds is 3. The van der Waals surface area contributed by atoms with E-state index in [0.29, 0.717) is 25.2 Å². The number of imide groups is 1. The van der Waals surface area contributed by atoms with Crippen molar-refractivity contribution in [2.24, 2.45) is 17.8 Å². The van der Waals surface area contributed by atoms with Gasteiger partial charge in [0, 0.05) is 25.8 Å². The van der Waals surface area contributed by atoms with Gasteiger partial charge in [0.25, 0.3) is 0 Å². The van der Waals surface area contributed by atoms with Gasteiger partial charge in [0.1, 0.15) is 0 Å². The number of aliphatic hydroxyl groups is 2. The molecule has 4 atom stereocenters. The Morgan fingerprint density at radius 1 is 1.25 bits per heavy atom. The van der Waals surface area contributed by atoms with E-state index in [-0.39, 0.29) is 23.7 Å². The molecule has 2 fully saturated rings. The lowest BCUT2D eigenvalue weighted by Crippen LogP contribution is -2.43. The van der Waals surface area contributed by atoms with Crippen LogP contribution in [0.2, 0.25) is 0 Å². The maximum Gasteiger partial charge on any atom is 0.229 e. The molecule has 114 valence electrons. The predicted octanol–water partition coefficient (Wildman–Crippen LogP) is 0.929. The summed E-state index contributed by atoms with van der Waals surface area (Å²) >= 11 is 0. The number of nitrogens with zero attached hydrogens (tertiary/aromatic N) is 1. The average Bonchev–Trinajstić information content (AvgIpc) is 2.38. The van der Waals surface area contributed by atoms with Crippen molar-refractivity contribution in [1.29, 1.82) is 0 Å². The fourth-order valence-corrected chi connectivity index (χ4v) is 3.48. The highest BCUT2D eigenvalue weighted by molar-refractivity contribution is 5.97. The number of hydrogen-bond acceptors (Lipinski definition) is 4. The summed E-state index contributed by atoms with van der Waals surface area (Å²) in [7, 11) is 1.50. The summed E-state index contributed by atoms with van der Waals surface area (Å²) in [6.45, 7) is 2.13. The van der Waals surface area contributed by atoms with E-state index in [4.69, 9.17) is 0 Å². The van der Waals surface area contributed by atoms with E-state index in [0.717, 1.165) is 19.3 Å². The van der Waals surface area contributed by atoms with Gasteiger partial charge in [-0.2, -0.15) is 0 Å². The summed E-state index contributed by atoms with van der Waals surface area (Å²) in [6, 6.07) is 0. The Hall–Kier alpha value is -0.940. The second-order valence-corrected chi connectivity index (χ2v) is 6.57. The Morgan fingerprint density at radius 2 is 1.85 bits per heavy atom. The first kappa shape index (κ1) is 15.4. The van der Waals surface area contributed by atoms with Gasteiger partial charge in [-0.25, -0.2) is 0 Å². The second-order valence-electron chi connectivity index (χ2n) is 6.57. The standard InChI is InChI=1S/C15H25NO4/c1-9-3-4-12(17)11(5-9)13(18)6-10-7-14(19)16(2)15(20)8-10/h9-13,17-18H,3-8H2,1-2H3/t9-,11?,12-,13+/m0/s1. The molecule has 1 aliphatic carbocycles. The summed E-state index contributed by atoms with van der Waals surface area (Å²) < 4.78 is 0. The SMILES string of the molecule is C[C@H]1CC[C@H](O)C([C@H](O)CC2CC(=O)N(C)C(=O)C2)C1. The summed E-state index contributed by atoms with van der Waals surface area (Å²) in [5, 5.41) is 20.4. The number of piperidine rings is 1. The van der Waals surface area contributed by atoms with Gasteiger partial charge in [0.15, 0.2) is 0 Å². The number of hydrogen-bond donors (Lipinski definition) is 2. The fourth-order valence-electron chi connectivity index (χ4n) is 3.48. The summed E-state index contributed by atoms with van der Waals surface area (Å²) in [5.74, 6) is -0.0416. The molecule has 1 heterocycles. The average molecular weight is 283 g/mol. The van der Waals surface area contributed by atoms with E-state index in [9.17, 15) is 19.8 Å². The normalized spacial score (nSPS) is 34.4. The first-order chi connectivity index (χ1) is 9.38. The van der Waals surface area contributed by atoms with Gasteiger partial charge in [0.2, 0.25) is 11.8 Å². The van der Waals surface area contributed by atoms with Gasteiger partial charge < -0.3 is 10.2 Å². The van der Waals surface area contributed by atoms with Crippen molar-refractivity contribution in [3.63, 3.8) is 0 Å². The van der Waals surface area contributed by atoms with Gasteiger partial charge >= 0.3 is 0 Å². The number of amides is 2. The predicted molar refractivity (Wildman–Crippen MR) is 73.6 cm³/mol. The molecule has 2 rings (SSSR count). The number of carbonyl (C=O) groups excluding carboxylic acids is 2. The van der Waals surface area contributed by atoms with Crippen LogP contribution in [0.5, 0.6) is 0 Å². The highest BCUT2D eigenvalue weighted by Gasteiger charge is 2.36. The van der Waals surface area contributed by atoms with Gasteiger partial charge in [-0.05, 0) is 37.5 Å². The van der Waals surface area contributed by atoms with Crippen molar-refractivity contribution in [2.75, 3.05) is 7.05 Å². The first-order valence-electron chi connectivity index (χ1n) is 7.54. The third-order valence-electron chi connectivity index (χ3n) is 4.87. The Bertz CT molecular complexity index is 366. The lowest BCUT2D eigenvalue weighted by Gasteiger charge is -2.37. The molecule has 1 aliphatic heterocycles. The molecule has 2 N–H and O–H groups in total. The lowest BCUT2D eigenvalue weighted by atomic mass is 9.75. The molecule has 1 unspecified atom stereocenters. The zero-order valence-electron chi connectivity index (χ0n) is 12.3. The van der Waals surface area contributed by atoms with Crippen molar-refractivity contribution in [2.45, 2.75) is 57.7 Å². The van der Waals surface area contributed by atoms with Crippen molar-refractivity contribution in [3.8, 4) is 0 Å². The maximum absolute atomic E-state index is 11.7. The van der Waals surface area contributed by atoms with Crippen LogP contribution >= 0.6 is 0 Å². The molecule has 0 spiro atoms. The van der Waals surface area contributed by atoms with Crippen LogP contribution in [0.1, 0.15) is 45.4 Å².